The monoisotopic (exact) mass is 531 g/mol. The highest BCUT2D eigenvalue weighted by atomic mass is 16.6. The Morgan fingerprint density at radius 3 is 2.21 bits per heavy atom. The number of alkyl carbamates (subject to hydrolysis) is 1. The average Bonchev–Trinajstić information content (AvgIpc) is 2.84. The van der Waals surface area contributed by atoms with Crippen molar-refractivity contribution < 1.29 is 19.1 Å². The van der Waals surface area contributed by atoms with E-state index in [0.717, 1.165) is 56.1 Å². The smallest absolute Gasteiger partial charge is 0.408 e. The molecule has 0 radical (unpaired) electrons. The topological polar surface area (TPSA) is 87.7 Å². The van der Waals surface area contributed by atoms with Crippen LogP contribution in [0.4, 0.5) is 4.79 Å². The second kappa shape index (κ2) is 17.1. The molecule has 7 nitrogen and oxygen atoms in total. The Bertz CT molecular complexity index is 865. The number of carbonyl (C=O) groups excluding carboxylic acids is 3. The fourth-order valence-corrected chi connectivity index (χ4v) is 4.35. The minimum absolute atomic E-state index is 0.140. The number of hydrogen-bond donors (Lipinski definition) is 2. The molecule has 3 unspecified atom stereocenters. The van der Waals surface area contributed by atoms with Crippen LogP contribution < -0.4 is 10.6 Å². The maximum absolute atomic E-state index is 14.3. The van der Waals surface area contributed by atoms with Crippen molar-refractivity contribution in [2.75, 3.05) is 13.1 Å². The quantitative estimate of drug-likeness (QED) is 0.233. The highest BCUT2D eigenvalue weighted by Gasteiger charge is 2.37. The van der Waals surface area contributed by atoms with Gasteiger partial charge in [-0.3, -0.25) is 9.59 Å². The van der Waals surface area contributed by atoms with Gasteiger partial charge in [0.15, 0.2) is 0 Å². The molecule has 3 amide bonds. The maximum Gasteiger partial charge on any atom is 0.408 e. The van der Waals surface area contributed by atoms with E-state index in [1.165, 1.54) is 0 Å². The highest BCUT2D eigenvalue weighted by molar-refractivity contribution is 5.92. The van der Waals surface area contributed by atoms with E-state index in [9.17, 15) is 14.4 Å². The summed E-state index contributed by atoms with van der Waals surface area (Å²) in [5.74, 6) is -0.581. The first-order valence-electron chi connectivity index (χ1n) is 14.6. The molecule has 0 saturated heterocycles. The Hall–Kier alpha value is -2.57. The lowest BCUT2D eigenvalue weighted by Crippen LogP contribution is -2.55. The Balaban J connectivity index is 3.45. The third-order valence-electron chi connectivity index (χ3n) is 6.68. The van der Waals surface area contributed by atoms with Gasteiger partial charge in [-0.05, 0) is 52.0 Å². The van der Waals surface area contributed by atoms with E-state index < -0.39 is 23.8 Å². The van der Waals surface area contributed by atoms with Crippen LogP contribution >= 0.6 is 0 Å². The van der Waals surface area contributed by atoms with Crippen molar-refractivity contribution in [3.63, 3.8) is 0 Å². The van der Waals surface area contributed by atoms with Crippen LogP contribution in [0.15, 0.2) is 24.3 Å². The minimum atomic E-state index is -0.804. The Morgan fingerprint density at radius 2 is 1.63 bits per heavy atom. The van der Waals surface area contributed by atoms with Crippen LogP contribution in [0.5, 0.6) is 0 Å². The summed E-state index contributed by atoms with van der Waals surface area (Å²) >= 11 is 0. The summed E-state index contributed by atoms with van der Waals surface area (Å²) in [4.78, 5) is 42.4. The van der Waals surface area contributed by atoms with Gasteiger partial charge in [0.1, 0.15) is 17.7 Å². The number of rotatable bonds is 16. The van der Waals surface area contributed by atoms with E-state index in [1.807, 2.05) is 45.0 Å². The van der Waals surface area contributed by atoms with Crippen LogP contribution in [0.3, 0.4) is 0 Å². The predicted molar refractivity (Wildman–Crippen MR) is 155 cm³/mol. The zero-order chi connectivity index (χ0) is 28.7. The molecule has 1 aromatic rings. The zero-order valence-electron chi connectivity index (χ0n) is 25.2. The Kier molecular flexibility index (Phi) is 15.1. The Labute approximate surface area is 231 Å². The van der Waals surface area contributed by atoms with Gasteiger partial charge in [-0.2, -0.15) is 0 Å². The van der Waals surface area contributed by atoms with Crippen LogP contribution in [-0.2, 0) is 14.3 Å². The molecule has 0 aromatic heterocycles. The summed E-state index contributed by atoms with van der Waals surface area (Å²) < 4.78 is 5.49. The van der Waals surface area contributed by atoms with Crippen molar-refractivity contribution in [1.29, 1.82) is 0 Å². The number of nitrogens with zero attached hydrogens (tertiary/aromatic N) is 1. The predicted octanol–water partition coefficient (Wildman–Crippen LogP) is 6.69. The summed E-state index contributed by atoms with van der Waals surface area (Å²) in [6.45, 7) is 16.6. The third kappa shape index (κ3) is 11.9. The van der Waals surface area contributed by atoms with E-state index in [0.29, 0.717) is 19.5 Å². The highest BCUT2D eigenvalue weighted by Crippen LogP contribution is 2.26. The first kappa shape index (κ1) is 33.5. The first-order valence-corrected chi connectivity index (χ1v) is 14.6. The van der Waals surface area contributed by atoms with E-state index >= 15 is 0 Å². The molecule has 0 aliphatic carbocycles. The van der Waals surface area contributed by atoms with E-state index in [-0.39, 0.29) is 17.7 Å². The molecule has 38 heavy (non-hydrogen) atoms. The molecule has 0 saturated carbocycles. The summed E-state index contributed by atoms with van der Waals surface area (Å²) in [5.41, 5.74) is 1.12. The standard InChI is InChI=1S/C31H53N3O4/c1-9-12-14-15-16-21-34(29(36)26(24(5)11-3)33-30(37)38-31(6,7)8)27(28(35)32-20-13-10-2)25-19-17-18-23(4)22-25/h17-19,22,24,26-27H,9-16,20-21H2,1-8H3,(H,32,35)(H,33,37). The number of ether oxygens (including phenoxy) is 1. The fourth-order valence-electron chi connectivity index (χ4n) is 4.35. The van der Waals surface area contributed by atoms with Crippen molar-refractivity contribution in [2.24, 2.45) is 5.92 Å². The van der Waals surface area contributed by atoms with Crippen molar-refractivity contribution in [2.45, 2.75) is 124 Å². The molecule has 0 aliphatic rings. The largest absolute Gasteiger partial charge is 0.444 e. The lowest BCUT2D eigenvalue weighted by molar-refractivity contribution is -0.143. The number of unbranched alkanes of at least 4 members (excludes halogenated alkanes) is 5. The number of carbonyl (C=O) groups is 3. The van der Waals surface area contributed by atoms with Gasteiger partial charge in [-0.1, -0.05) is 96.0 Å². The van der Waals surface area contributed by atoms with Gasteiger partial charge >= 0.3 is 6.09 Å². The van der Waals surface area contributed by atoms with Gasteiger partial charge in [-0.15, -0.1) is 0 Å². The molecule has 0 heterocycles. The van der Waals surface area contributed by atoms with E-state index in [4.69, 9.17) is 4.74 Å². The number of amides is 3. The van der Waals surface area contributed by atoms with Crippen molar-refractivity contribution >= 4 is 17.9 Å². The second-order valence-corrected chi connectivity index (χ2v) is 11.4. The van der Waals surface area contributed by atoms with Gasteiger partial charge in [0.25, 0.3) is 0 Å². The van der Waals surface area contributed by atoms with E-state index in [1.54, 1.807) is 25.7 Å². The van der Waals surface area contributed by atoms with Crippen LogP contribution in [0.2, 0.25) is 0 Å². The third-order valence-corrected chi connectivity index (χ3v) is 6.68. The molecule has 0 aliphatic heterocycles. The first-order chi connectivity index (χ1) is 17.9. The number of benzene rings is 1. The molecular formula is C31H53N3O4. The molecule has 0 spiro atoms. The summed E-state index contributed by atoms with van der Waals surface area (Å²) in [7, 11) is 0. The number of hydrogen-bond acceptors (Lipinski definition) is 4. The van der Waals surface area contributed by atoms with Gasteiger partial charge in [-0.25, -0.2) is 4.79 Å². The van der Waals surface area contributed by atoms with E-state index in [2.05, 4.69) is 24.5 Å². The molecule has 0 fully saturated rings. The lowest BCUT2D eigenvalue weighted by Gasteiger charge is -2.36. The van der Waals surface area contributed by atoms with Crippen LogP contribution in [0, 0.1) is 12.8 Å². The summed E-state index contributed by atoms with van der Waals surface area (Å²) in [6.07, 6.45) is 7.01. The number of nitrogens with one attached hydrogen (secondary N) is 2. The SMILES string of the molecule is CCCCCCCN(C(=O)C(NC(=O)OC(C)(C)C)C(C)CC)C(C(=O)NCCCC)c1cccc(C)c1. The molecule has 1 rings (SSSR count). The fraction of sp³-hybridized carbons (Fsp3) is 0.710. The Morgan fingerprint density at radius 1 is 0.974 bits per heavy atom. The molecule has 216 valence electrons. The van der Waals surface area contributed by atoms with Gasteiger partial charge in [0.2, 0.25) is 11.8 Å². The number of aryl methyl sites for hydroxylation is 1. The molecule has 3 atom stereocenters. The van der Waals surface area contributed by atoms with Crippen LogP contribution in [-0.4, -0.2) is 47.5 Å². The molecule has 1 aromatic carbocycles. The van der Waals surface area contributed by atoms with Crippen molar-refractivity contribution in [3.8, 4) is 0 Å². The van der Waals surface area contributed by atoms with Crippen LogP contribution in [0.1, 0.15) is 117 Å². The normalized spacial score (nSPS) is 13.8. The van der Waals surface area contributed by atoms with Gasteiger partial charge in [0, 0.05) is 13.1 Å². The summed E-state index contributed by atoms with van der Waals surface area (Å²) in [5, 5.41) is 5.90. The minimum Gasteiger partial charge on any atom is -0.444 e. The average molecular weight is 532 g/mol. The molecule has 0 bridgehead atoms. The zero-order valence-corrected chi connectivity index (χ0v) is 25.2. The van der Waals surface area contributed by atoms with Gasteiger partial charge in [0.05, 0.1) is 0 Å². The molecule has 7 heteroatoms. The van der Waals surface area contributed by atoms with Crippen molar-refractivity contribution in [3.05, 3.63) is 35.4 Å². The molecule has 2 N–H and O–H groups in total. The lowest BCUT2D eigenvalue weighted by atomic mass is 9.95. The van der Waals surface area contributed by atoms with Gasteiger partial charge < -0.3 is 20.3 Å². The molecular weight excluding hydrogens is 478 g/mol. The maximum atomic E-state index is 14.3. The second-order valence-electron chi connectivity index (χ2n) is 11.4. The van der Waals surface area contributed by atoms with Crippen molar-refractivity contribution in [1.82, 2.24) is 15.5 Å². The summed E-state index contributed by atoms with van der Waals surface area (Å²) in [6, 6.07) is 6.21. The van der Waals surface area contributed by atoms with Crippen LogP contribution in [0.25, 0.3) is 0 Å².